The average molecular weight is 361 g/mol. The molecule has 2 N–H and O–H groups in total. The van der Waals surface area contributed by atoms with E-state index >= 15 is 0 Å². The minimum Gasteiger partial charge on any atom is -0.360 e. The number of benzene rings is 1. The lowest BCUT2D eigenvalue weighted by atomic mass is 10.1. The van der Waals surface area contributed by atoms with Crippen molar-refractivity contribution >= 4 is 40.9 Å². The first-order valence-electron chi connectivity index (χ1n) is 7.62. The molecule has 1 heterocycles. The van der Waals surface area contributed by atoms with Crippen LogP contribution in [0.4, 0.5) is 11.5 Å². The first-order valence-corrected chi connectivity index (χ1v) is 8.66. The van der Waals surface area contributed by atoms with Gasteiger partial charge in [-0.15, -0.1) is 11.8 Å². The monoisotopic (exact) mass is 361 g/mol. The summed E-state index contributed by atoms with van der Waals surface area (Å²) in [6.45, 7) is 4.90. The van der Waals surface area contributed by atoms with Crippen molar-refractivity contribution in [1.82, 2.24) is 5.16 Å². The highest BCUT2D eigenvalue weighted by atomic mass is 32.2. The Hall–Kier alpha value is -2.61. The second-order valence-electron chi connectivity index (χ2n) is 5.45. The summed E-state index contributed by atoms with van der Waals surface area (Å²) in [7, 11) is 0. The highest BCUT2D eigenvalue weighted by molar-refractivity contribution is 8.01. The molecule has 1 unspecified atom stereocenters. The lowest BCUT2D eigenvalue weighted by molar-refractivity contribution is -0.115. The summed E-state index contributed by atoms with van der Waals surface area (Å²) in [5.74, 6) is 0.478. The molecule has 0 fully saturated rings. The van der Waals surface area contributed by atoms with Crippen molar-refractivity contribution in [2.45, 2.75) is 26.0 Å². The number of hydrogen-bond acceptors (Lipinski definition) is 6. The van der Waals surface area contributed by atoms with Crippen molar-refractivity contribution in [2.24, 2.45) is 0 Å². The smallest absolute Gasteiger partial charge is 0.238 e. The maximum absolute atomic E-state index is 12.0. The number of ketones is 1. The number of nitrogens with zero attached hydrogens (tertiary/aromatic N) is 1. The van der Waals surface area contributed by atoms with Gasteiger partial charge in [0.05, 0.1) is 11.0 Å². The summed E-state index contributed by atoms with van der Waals surface area (Å²) >= 11 is 1.20. The van der Waals surface area contributed by atoms with Gasteiger partial charge in [0, 0.05) is 17.3 Å². The number of anilines is 2. The molecule has 2 amide bonds. The van der Waals surface area contributed by atoms with E-state index in [1.165, 1.54) is 18.7 Å². The summed E-state index contributed by atoms with van der Waals surface area (Å²) in [6.07, 6.45) is 0. The number of amides is 2. The van der Waals surface area contributed by atoms with Gasteiger partial charge in [-0.1, -0.05) is 17.3 Å². The number of aryl methyl sites for hydroxylation is 1. The molecule has 0 radical (unpaired) electrons. The van der Waals surface area contributed by atoms with Gasteiger partial charge < -0.3 is 15.2 Å². The maximum Gasteiger partial charge on any atom is 0.238 e. The summed E-state index contributed by atoms with van der Waals surface area (Å²) in [4.78, 5) is 35.4. The van der Waals surface area contributed by atoms with Crippen LogP contribution in [0.5, 0.6) is 0 Å². The molecular weight excluding hydrogens is 342 g/mol. The lowest BCUT2D eigenvalue weighted by Gasteiger charge is -2.11. The summed E-state index contributed by atoms with van der Waals surface area (Å²) < 4.78 is 4.88. The molecule has 1 aromatic carbocycles. The molecular formula is C17H19N3O4S. The van der Waals surface area contributed by atoms with Crippen molar-refractivity contribution in [3.05, 3.63) is 41.7 Å². The number of nitrogens with one attached hydrogen (secondary N) is 2. The van der Waals surface area contributed by atoms with E-state index in [0.29, 0.717) is 22.8 Å². The Morgan fingerprint density at radius 1 is 1.24 bits per heavy atom. The summed E-state index contributed by atoms with van der Waals surface area (Å²) in [5.41, 5.74) is 1.08. The molecule has 0 bridgehead atoms. The van der Waals surface area contributed by atoms with Crippen LogP contribution in [0.2, 0.25) is 0 Å². The quantitative estimate of drug-likeness (QED) is 0.735. The van der Waals surface area contributed by atoms with Gasteiger partial charge >= 0.3 is 0 Å². The first kappa shape index (κ1) is 18.7. The number of rotatable bonds is 7. The third-order valence-corrected chi connectivity index (χ3v) is 4.41. The standard InChI is InChI=1S/C17H19N3O4S/c1-10-7-15(20-24-10)19-17(23)12(3)25-9-16(22)18-14-6-4-5-13(8-14)11(2)21/h4-8,12H,9H2,1-3H3,(H,18,22)(H,19,20,23). The van der Waals surface area contributed by atoms with E-state index in [9.17, 15) is 14.4 Å². The highest BCUT2D eigenvalue weighted by Crippen LogP contribution is 2.16. The third kappa shape index (κ3) is 5.75. The normalized spacial score (nSPS) is 11.6. The zero-order chi connectivity index (χ0) is 18.4. The molecule has 0 saturated heterocycles. The third-order valence-electron chi connectivity index (χ3n) is 3.27. The van der Waals surface area contributed by atoms with Crippen LogP contribution in [-0.2, 0) is 9.59 Å². The molecule has 1 aromatic heterocycles. The van der Waals surface area contributed by atoms with Crippen molar-refractivity contribution in [1.29, 1.82) is 0 Å². The maximum atomic E-state index is 12.0. The van der Waals surface area contributed by atoms with Gasteiger partial charge in [0.15, 0.2) is 11.6 Å². The minimum atomic E-state index is -0.439. The zero-order valence-corrected chi connectivity index (χ0v) is 15.0. The fraction of sp³-hybridized carbons (Fsp3) is 0.294. The Bertz CT molecular complexity index is 788. The fourth-order valence-corrected chi connectivity index (χ4v) is 2.63. The van der Waals surface area contributed by atoms with Crippen LogP contribution >= 0.6 is 11.8 Å². The molecule has 25 heavy (non-hydrogen) atoms. The Labute approximate surface area is 149 Å². The Morgan fingerprint density at radius 3 is 2.64 bits per heavy atom. The summed E-state index contributed by atoms with van der Waals surface area (Å²) in [5, 5.41) is 8.59. The molecule has 2 rings (SSSR count). The summed E-state index contributed by atoms with van der Waals surface area (Å²) in [6, 6.07) is 8.33. The molecule has 0 aliphatic rings. The molecule has 0 saturated carbocycles. The number of Topliss-reactive ketones (excluding diaryl/α,β-unsaturated/α-hetero) is 1. The van der Waals surface area contributed by atoms with Gasteiger partial charge in [0.25, 0.3) is 0 Å². The Morgan fingerprint density at radius 2 is 2.00 bits per heavy atom. The van der Waals surface area contributed by atoms with Crippen molar-refractivity contribution in [3.8, 4) is 0 Å². The van der Waals surface area contributed by atoms with Gasteiger partial charge in [-0.25, -0.2) is 0 Å². The molecule has 0 aliphatic heterocycles. The van der Waals surface area contributed by atoms with Gasteiger partial charge in [-0.3, -0.25) is 14.4 Å². The average Bonchev–Trinajstić information content (AvgIpc) is 2.97. The van der Waals surface area contributed by atoms with Crippen LogP contribution in [0.25, 0.3) is 0 Å². The van der Waals surface area contributed by atoms with E-state index in [-0.39, 0.29) is 23.4 Å². The van der Waals surface area contributed by atoms with Crippen LogP contribution in [0.3, 0.4) is 0 Å². The molecule has 0 aliphatic carbocycles. The van der Waals surface area contributed by atoms with Crippen LogP contribution in [0, 0.1) is 6.92 Å². The van der Waals surface area contributed by atoms with E-state index in [4.69, 9.17) is 4.52 Å². The lowest BCUT2D eigenvalue weighted by Crippen LogP contribution is -2.25. The minimum absolute atomic E-state index is 0.0705. The van der Waals surface area contributed by atoms with Crippen LogP contribution in [-0.4, -0.2) is 33.8 Å². The predicted octanol–water partition coefficient (Wildman–Crippen LogP) is 2.88. The zero-order valence-electron chi connectivity index (χ0n) is 14.2. The van der Waals surface area contributed by atoms with E-state index in [1.54, 1.807) is 44.2 Å². The molecule has 0 spiro atoms. The van der Waals surface area contributed by atoms with E-state index < -0.39 is 5.25 Å². The predicted molar refractivity (Wildman–Crippen MR) is 96.9 cm³/mol. The van der Waals surface area contributed by atoms with Crippen molar-refractivity contribution < 1.29 is 18.9 Å². The molecule has 1 atom stereocenters. The second-order valence-corrected chi connectivity index (χ2v) is 6.78. The van der Waals surface area contributed by atoms with Gasteiger partial charge in [-0.2, -0.15) is 0 Å². The first-order chi connectivity index (χ1) is 11.8. The van der Waals surface area contributed by atoms with E-state index in [1.807, 2.05) is 0 Å². The Kier molecular flexibility index (Phi) is 6.35. The van der Waals surface area contributed by atoms with Crippen molar-refractivity contribution in [3.63, 3.8) is 0 Å². The number of carbonyl (C=O) groups excluding carboxylic acids is 3. The van der Waals surface area contributed by atoms with Crippen LogP contribution < -0.4 is 10.6 Å². The molecule has 2 aromatic rings. The number of thioether (sulfide) groups is 1. The second kappa shape index (κ2) is 8.48. The van der Waals surface area contributed by atoms with Crippen LogP contribution in [0.15, 0.2) is 34.9 Å². The molecule has 132 valence electrons. The topological polar surface area (TPSA) is 101 Å². The van der Waals surface area contributed by atoms with E-state index in [2.05, 4.69) is 15.8 Å². The van der Waals surface area contributed by atoms with Gasteiger partial charge in [0.1, 0.15) is 5.76 Å². The van der Waals surface area contributed by atoms with Gasteiger partial charge in [0.2, 0.25) is 11.8 Å². The highest BCUT2D eigenvalue weighted by Gasteiger charge is 2.17. The fourth-order valence-electron chi connectivity index (χ4n) is 1.94. The van der Waals surface area contributed by atoms with Crippen LogP contribution in [0.1, 0.15) is 30.0 Å². The SMILES string of the molecule is CC(=O)c1cccc(NC(=O)CSC(C)C(=O)Nc2cc(C)on2)c1. The number of aromatic nitrogens is 1. The molecule has 8 heteroatoms. The van der Waals surface area contributed by atoms with Gasteiger partial charge in [-0.05, 0) is 32.9 Å². The van der Waals surface area contributed by atoms with Crippen molar-refractivity contribution in [2.75, 3.05) is 16.4 Å². The number of carbonyl (C=O) groups is 3. The van der Waals surface area contributed by atoms with E-state index in [0.717, 1.165) is 0 Å². The Balaban J connectivity index is 1.81. The molecule has 7 nitrogen and oxygen atoms in total. The number of hydrogen-bond donors (Lipinski definition) is 2. The largest absolute Gasteiger partial charge is 0.360 e.